The molecule has 3 heterocycles. The molecule has 3 aliphatic rings. The van der Waals surface area contributed by atoms with Crippen molar-refractivity contribution in [1.29, 1.82) is 0 Å². The fourth-order valence-corrected chi connectivity index (χ4v) is 4.88. The van der Waals surface area contributed by atoms with E-state index in [2.05, 4.69) is 0 Å². The highest BCUT2D eigenvalue weighted by molar-refractivity contribution is 6.21. The minimum atomic E-state index is -0.319. The van der Waals surface area contributed by atoms with Gasteiger partial charge in [-0.1, -0.05) is 18.2 Å². The Morgan fingerprint density at radius 2 is 1.65 bits per heavy atom. The van der Waals surface area contributed by atoms with Crippen LogP contribution in [0, 0.1) is 5.92 Å². The van der Waals surface area contributed by atoms with Gasteiger partial charge in [-0.05, 0) is 49.6 Å². The van der Waals surface area contributed by atoms with Crippen LogP contribution in [-0.2, 0) is 16.0 Å². The second-order valence-electron chi connectivity index (χ2n) is 8.75. The lowest BCUT2D eigenvalue weighted by molar-refractivity contribution is -0.0956. The van der Waals surface area contributed by atoms with E-state index in [0.29, 0.717) is 60.9 Å². The largest absolute Gasteiger partial charge is 0.493 e. The molecule has 0 atom stereocenters. The van der Waals surface area contributed by atoms with Gasteiger partial charge in [-0.2, -0.15) is 0 Å². The standard InChI is InChI=1S/C26H28N2O6/c1-2-32-22-8-7-17(16-28-24(30)19-5-3-4-6-20(19)25(28)31)15-21(22)23(29)27-11-9-18(10-12-27)26-33-13-14-34-26/h3-8,15,18,26H,2,9-14,16H2,1H3. The first-order chi connectivity index (χ1) is 16.6. The average Bonchev–Trinajstić information content (AvgIpc) is 3.49. The Hall–Kier alpha value is -3.23. The third kappa shape index (κ3) is 4.19. The van der Waals surface area contributed by atoms with Gasteiger partial charge in [0.1, 0.15) is 5.75 Å². The molecule has 2 aromatic rings. The Morgan fingerprint density at radius 3 is 2.26 bits per heavy atom. The van der Waals surface area contributed by atoms with Crippen LogP contribution in [0.4, 0.5) is 0 Å². The highest BCUT2D eigenvalue weighted by Crippen LogP contribution is 2.30. The van der Waals surface area contributed by atoms with E-state index in [-0.39, 0.29) is 36.5 Å². The molecule has 5 rings (SSSR count). The van der Waals surface area contributed by atoms with Crippen molar-refractivity contribution in [2.24, 2.45) is 5.92 Å². The van der Waals surface area contributed by atoms with Crippen molar-refractivity contribution < 1.29 is 28.6 Å². The van der Waals surface area contributed by atoms with Gasteiger partial charge in [-0.15, -0.1) is 0 Å². The van der Waals surface area contributed by atoms with Crippen LogP contribution in [0.15, 0.2) is 42.5 Å². The topological polar surface area (TPSA) is 85.4 Å². The second kappa shape index (κ2) is 9.56. The molecule has 0 aromatic heterocycles. The van der Waals surface area contributed by atoms with E-state index >= 15 is 0 Å². The molecule has 0 aliphatic carbocycles. The number of benzene rings is 2. The maximum Gasteiger partial charge on any atom is 0.261 e. The highest BCUT2D eigenvalue weighted by atomic mass is 16.7. The van der Waals surface area contributed by atoms with E-state index < -0.39 is 0 Å². The lowest BCUT2D eigenvalue weighted by Crippen LogP contribution is -2.41. The summed E-state index contributed by atoms with van der Waals surface area (Å²) < 4.78 is 17.0. The van der Waals surface area contributed by atoms with Crippen molar-refractivity contribution in [3.05, 3.63) is 64.7 Å². The van der Waals surface area contributed by atoms with Crippen LogP contribution in [0.25, 0.3) is 0 Å². The molecular formula is C26H28N2O6. The van der Waals surface area contributed by atoms with E-state index in [1.54, 1.807) is 42.5 Å². The second-order valence-corrected chi connectivity index (χ2v) is 8.75. The number of hydrogen-bond donors (Lipinski definition) is 0. The molecule has 8 nitrogen and oxygen atoms in total. The van der Waals surface area contributed by atoms with Crippen LogP contribution >= 0.6 is 0 Å². The fraction of sp³-hybridized carbons (Fsp3) is 0.423. The summed E-state index contributed by atoms with van der Waals surface area (Å²) in [6, 6.07) is 12.1. The summed E-state index contributed by atoms with van der Waals surface area (Å²) in [5.74, 6) is 0.0437. The summed E-state index contributed by atoms with van der Waals surface area (Å²) in [4.78, 5) is 42.1. The first-order valence-corrected chi connectivity index (χ1v) is 11.8. The normalized spacial score (nSPS) is 19.1. The Bertz CT molecular complexity index is 1070. The lowest BCUT2D eigenvalue weighted by atomic mass is 9.95. The number of carbonyl (C=O) groups excluding carboxylic acids is 3. The number of nitrogens with zero attached hydrogens (tertiary/aromatic N) is 2. The summed E-state index contributed by atoms with van der Waals surface area (Å²) in [6.07, 6.45) is 1.46. The molecule has 2 saturated heterocycles. The molecule has 0 radical (unpaired) electrons. The van der Waals surface area contributed by atoms with E-state index in [4.69, 9.17) is 14.2 Å². The molecule has 34 heavy (non-hydrogen) atoms. The molecule has 178 valence electrons. The van der Waals surface area contributed by atoms with Crippen LogP contribution < -0.4 is 4.74 Å². The summed E-state index contributed by atoms with van der Waals surface area (Å²) >= 11 is 0. The van der Waals surface area contributed by atoms with Gasteiger partial charge in [0.15, 0.2) is 6.29 Å². The number of piperidine rings is 1. The molecule has 0 unspecified atom stereocenters. The first kappa shape index (κ1) is 22.6. The van der Waals surface area contributed by atoms with Crippen molar-refractivity contribution in [1.82, 2.24) is 9.80 Å². The van der Waals surface area contributed by atoms with Crippen LogP contribution in [0.2, 0.25) is 0 Å². The predicted molar refractivity (Wildman–Crippen MR) is 123 cm³/mol. The number of amides is 3. The minimum absolute atomic E-state index is 0.0947. The maximum absolute atomic E-state index is 13.5. The molecular weight excluding hydrogens is 436 g/mol. The Labute approximate surface area is 198 Å². The van der Waals surface area contributed by atoms with Crippen LogP contribution in [0.1, 0.15) is 56.4 Å². The fourth-order valence-electron chi connectivity index (χ4n) is 4.88. The number of likely N-dealkylation sites (tertiary alicyclic amines) is 1. The monoisotopic (exact) mass is 464 g/mol. The van der Waals surface area contributed by atoms with Gasteiger partial charge in [0.2, 0.25) is 0 Å². The molecule has 2 fully saturated rings. The zero-order valence-electron chi connectivity index (χ0n) is 19.2. The molecule has 0 spiro atoms. The minimum Gasteiger partial charge on any atom is -0.493 e. The number of hydrogen-bond acceptors (Lipinski definition) is 6. The third-order valence-electron chi connectivity index (χ3n) is 6.65. The zero-order chi connectivity index (χ0) is 23.7. The maximum atomic E-state index is 13.5. The number of fused-ring (bicyclic) bond motifs is 1. The molecule has 0 N–H and O–H groups in total. The summed E-state index contributed by atoms with van der Waals surface area (Å²) in [5.41, 5.74) is 1.97. The van der Waals surface area contributed by atoms with Gasteiger partial charge in [0.05, 0.1) is 43.1 Å². The zero-order valence-corrected chi connectivity index (χ0v) is 19.2. The van der Waals surface area contributed by atoms with E-state index in [0.717, 1.165) is 12.8 Å². The van der Waals surface area contributed by atoms with E-state index in [1.165, 1.54) is 4.90 Å². The van der Waals surface area contributed by atoms with Crippen molar-refractivity contribution in [3.8, 4) is 5.75 Å². The molecule has 3 aliphatic heterocycles. The van der Waals surface area contributed by atoms with Crippen LogP contribution in [0.5, 0.6) is 5.75 Å². The van der Waals surface area contributed by atoms with Gasteiger partial charge >= 0.3 is 0 Å². The SMILES string of the molecule is CCOc1ccc(CN2C(=O)c3ccccc3C2=O)cc1C(=O)N1CCC(C2OCCO2)CC1. The molecule has 8 heteroatoms. The molecule has 0 bridgehead atoms. The lowest BCUT2D eigenvalue weighted by Gasteiger charge is -2.34. The number of carbonyl (C=O) groups is 3. The van der Waals surface area contributed by atoms with Gasteiger partial charge in [-0.25, -0.2) is 0 Å². The van der Waals surface area contributed by atoms with Gasteiger partial charge in [0.25, 0.3) is 17.7 Å². The average molecular weight is 465 g/mol. The smallest absolute Gasteiger partial charge is 0.261 e. The third-order valence-corrected chi connectivity index (χ3v) is 6.65. The number of ether oxygens (including phenoxy) is 3. The van der Waals surface area contributed by atoms with Crippen molar-refractivity contribution >= 4 is 17.7 Å². The number of imide groups is 1. The molecule has 3 amide bonds. The number of rotatable bonds is 6. The van der Waals surface area contributed by atoms with Gasteiger partial charge < -0.3 is 19.1 Å². The van der Waals surface area contributed by atoms with Crippen LogP contribution in [-0.4, -0.2) is 66.7 Å². The summed E-state index contributed by atoms with van der Waals surface area (Å²) in [6.45, 7) is 4.87. The Morgan fingerprint density at radius 1 is 1.00 bits per heavy atom. The van der Waals surface area contributed by atoms with Gasteiger partial charge in [0, 0.05) is 19.0 Å². The van der Waals surface area contributed by atoms with E-state index in [9.17, 15) is 14.4 Å². The summed E-state index contributed by atoms with van der Waals surface area (Å²) in [5, 5.41) is 0. The van der Waals surface area contributed by atoms with Crippen LogP contribution in [0.3, 0.4) is 0 Å². The molecule has 2 aromatic carbocycles. The summed E-state index contributed by atoms with van der Waals surface area (Å²) in [7, 11) is 0. The highest BCUT2D eigenvalue weighted by Gasteiger charge is 2.36. The Kier molecular flexibility index (Phi) is 6.34. The van der Waals surface area contributed by atoms with Crippen molar-refractivity contribution in [2.45, 2.75) is 32.6 Å². The molecule has 0 saturated carbocycles. The van der Waals surface area contributed by atoms with E-state index in [1.807, 2.05) is 11.8 Å². The predicted octanol–water partition coefficient (Wildman–Crippen LogP) is 3.11. The quantitative estimate of drug-likeness (QED) is 0.611. The van der Waals surface area contributed by atoms with Crippen molar-refractivity contribution in [2.75, 3.05) is 32.9 Å². The van der Waals surface area contributed by atoms with Crippen molar-refractivity contribution in [3.63, 3.8) is 0 Å². The Balaban J connectivity index is 1.33. The first-order valence-electron chi connectivity index (χ1n) is 11.8. The van der Waals surface area contributed by atoms with Gasteiger partial charge in [-0.3, -0.25) is 19.3 Å².